The highest BCUT2D eigenvalue weighted by Crippen LogP contribution is 2.33. The van der Waals surface area contributed by atoms with E-state index >= 15 is 0 Å². The van der Waals surface area contributed by atoms with Gasteiger partial charge in [0, 0.05) is 54.9 Å². The van der Waals surface area contributed by atoms with Crippen molar-refractivity contribution >= 4 is 44.9 Å². The molecule has 1 saturated heterocycles. The maximum Gasteiger partial charge on any atom is 0.510 e. The lowest BCUT2D eigenvalue weighted by Crippen LogP contribution is -2.47. The molecule has 0 saturated carbocycles. The van der Waals surface area contributed by atoms with E-state index in [0.29, 0.717) is 19.4 Å². The van der Waals surface area contributed by atoms with Crippen molar-refractivity contribution in [3.63, 3.8) is 0 Å². The summed E-state index contributed by atoms with van der Waals surface area (Å²) in [5.74, 6) is -0.223. The van der Waals surface area contributed by atoms with Crippen LogP contribution in [0.25, 0.3) is 10.1 Å². The Balaban J connectivity index is 1.02. The first-order chi connectivity index (χ1) is 22.5. The number of fused-ring (bicyclic) bond motifs is 2. The number of thiophene rings is 1. The molecule has 0 N–H and O–H groups in total. The molecule has 7 nitrogen and oxygen atoms in total. The van der Waals surface area contributed by atoms with E-state index in [1.807, 2.05) is 5.38 Å². The van der Waals surface area contributed by atoms with Gasteiger partial charge in [-0.2, -0.15) is 0 Å². The molecule has 0 spiro atoms. The zero-order chi connectivity index (χ0) is 32.1. The van der Waals surface area contributed by atoms with Crippen molar-refractivity contribution in [2.75, 3.05) is 55.9 Å². The molecule has 250 valence electrons. The molecule has 2 aliphatic rings. The van der Waals surface area contributed by atoms with Gasteiger partial charge in [-0.25, -0.2) is 9.18 Å². The number of carbonyl (C=O) groups excluding carboxylic acids is 2. The summed E-state index contributed by atoms with van der Waals surface area (Å²) in [6, 6.07) is 11.7. The normalized spacial score (nSPS) is 15.4. The van der Waals surface area contributed by atoms with Gasteiger partial charge < -0.3 is 14.4 Å². The number of hydrogen-bond donors (Lipinski definition) is 0. The van der Waals surface area contributed by atoms with Crippen LogP contribution in [0.2, 0.25) is 0 Å². The van der Waals surface area contributed by atoms with Crippen LogP contribution in [0.1, 0.15) is 88.7 Å². The van der Waals surface area contributed by atoms with Gasteiger partial charge in [0.15, 0.2) is 6.73 Å². The fraction of sp³-hybridized carbons (Fsp3) is 0.568. The van der Waals surface area contributed by atoms with Crippen LogP contribution in [0, 0.1) is 5.82 Å². The molecule has 5 rings (SSSR count). The molecule has 0 unspecified atom stereocenters. The molecule has 3 aromatic rings. The van der Waals surface area contributed by atoms with Gasteiger partial charge in [0.05, 0.1) is 12.3 Å². The molecule has 9 heteroatoms. The minimum atomic E-state index is -0.718. The fourth-order valence-corrected chi connectivity index (χ4v) is 7.40. The molecule has 2 aliphatic heterocycles. The number of amides is 1. The maximum atomic E-state index is 14.2. The third kappa shape index (κ3) is 9.67. The van der Waals surface area contributed by atoms with Gasteiger partial charge in [-0.05, 0) is 60.0 Å². The highest BCUT2D eigenvalue weighted by atomic mass is 32.1. The number of aryl methyl sites for hydroxylation is 1. The fourth-order valence-electron chi connectivity index (χ4n) is 6.56. The number of anilines is 2. The Morgan fingerprint density at radius 3 is 2.35 bits per heavy atom. The predicted molar refractivity (Wildman–Crippen MR) is 186 cm³/mol. The van der Waals surface area contributed by atoms with Crippen LogP contribution in [0.5, 0.6) is 0 Å². The van der Waals surface area contributed by atoms with E-state index in [2.05, 4.69) is 41.0 Å². The number of carbonyl (C=O) groups is 2. The van der Waals surface area contributed by atoms with Gasteiger partial charge in [0.25, 0.3) is 0 Å². The summed E-state index contributed by atoms with van der Waals surface area (Å²) in [5.41, 5.74) is 4.05. The second-order valence-corrected chi connectivity index (χ2v) is 13.6. The van der Waals surface area contributed by atoms with Gasteiger partial charge in [-0.3, -0.25) is 14.6 Å². The summed E-state index contributed by atoms with van der Waals surface area (Å²) in [6.45, 7) is 6.88. The van der Waals surface area contributed by atoms with Crippen LogP contribution >= 0.6 is 11.3 Å². The Morgan fingerprint density at radius 2 is 1.59 bits per heavy atom. The van der Waals surface area contributed by atoms with Gasteiger partial charge in [-0.1, -0.05) is 76.8 Å². The van der Waals surface area contributed by atoms with E-state index in [1.165, 1.54) is 44.9 Å². The maximum absolute atomic E-state index is 14.2. The topological polar surface area (TPSA) is 62.3 Å². The molecular weight excluding hydrogens is 601 g/mol. The Morgan fingerprint density at radius 1 is 0.848 bits per heavy atom. The van der Waals surface area contributed by atoms with Crippen molar-refractivity contribution in [1.82, 2.24) is 4.90 Å². The molecule has 3 heterocycles. The van der Waals surface area contributed by atoms with Crippen molar-refractivity contribution < 1.29 is 23.5 Å². The summed E-state index contributed by atoms with van der Waals surface area (Å²) >= 11 is 1.58. The average molecular weight is 652 g/mol. The second kappa shape index (κ2) is 17.7. The zero-order valence-corrected chi connectivity index (χ0v) is 28.3. The number of hydrogen-bond acceptors (Lipinski definition) is 7. The molecule has 1 fully saturated rings. The smallest absolute Gasteiger partial charge is 0.434 e. The van der Waals surface area contributed by atoms with Crippen LogP contribution in [0.3, 0.4) is 0 Å². The van der Waals surface area contributed by atoms with Crippen LogP contribution in [-0.4, -0.2) is 63.0 Å². The van der Waals surface area contributed by atoms with Crippen molar-refractivity contribution in [3.05, 3.63) is 58.7 Å². The van der Waals surface area contributed by atoms with E-state index in [-0.39, 0.29) is 18.5 Å². The summed E-state index contributed by atoms with van der Waals surface area (Å²) in [7, 11) is 0. The first-order valence-corrected chi connectivity index (χ1v) is 18.3. The first kappa shape index (κ1) is 34.2. The second-order valence-electron chi connectivity index (χ2n) is 12.7. The van der Waals surface area contributed by atoms with Crippen molar-refractivity contribution in [2.45, 2.75) is 90.4 Å². The largest absolute Gasteiger partial charge is 0.510 e. The van der Waals surface area contributed by atoms with Crippen LogP contribution < -0.4 is 9.80 Å². The Labute approximate surface area is 277 Å². The molecular formula is C37H50FN3O4S. The third-order valence-electron chi connectivity index (χ3n) is 9.32. The summed E-state index contributed by atoms with van der Waals surface area (Å²) < 4.78 is 25.9. The molecule has 0 aliphatic carbocycles. The highest BCUT2D eigenvalue weighted by molar-refractivity contribution is 7.17. The highest BCUT2D eigenvalue weighted by Gasteiger charge is 2.26. The van der Waals surface area contributed by atoms with Gasteiger partial charge in [0.2, 0.25) is 5.91 Å². The average Bonchev–Trinajstić information content (AvgIpc) is 3.54. The number of unbranched alkanes of at least 4 members (excludes halogenated alkanes) is 9. The molecule has 1 aromatic heterocycles. The third-order valence-corrected chi connectivity index (χ3v) is 10.2. The van der Waals surface area contributed by atoms with E-state index in [1.54, 1.807) is 28.4 Å². The number of benzene rings is 2. The Kier molecular flexibility index (Phi) is 13.1. The zero-order valence-electron chi connectivity index (χ0n) is 27.4. The van der Waals surface area contributed by atoms with Crippen LogP contribution in [-0.2, 0) is 27.1 Å². The quantitative estimate of drug-likeness (QED) is 0.108. The molecule has 0 radical (unpaired) electrons. The van der Waals surface area contributed by atoms with E-state index < -0.39 is 6.16 Å². The summed E-state index contributed by atoms with van der Waals surface area (Å²) in [5, 5.41) is 3.15. The summed E-state index contributed by atoms with van der Waals surface area (Å²) in [4.78, 5) is 31.4. The Bertz CT molecular complexity index is 1420. The van der Waals surface area contributed by atoms with Crippen molar-refractivity contribution in [3.8, 4) is 0 Å². The minimum Gasteiger partial charge on any atom is -0.434 e. The van der Waals surface area contributed by atoms with Gasteiger partial charge >= 0.3 is 6.16 Å². The van der Waals surface area contributed by atoms with E-state index in [9.17, 15) is 14.0 Å². The van der Waals surface area contributed by atoms with Gasteiger partial charge in [0.1, 0.15) is 5.82 Å². The number of nitrogens with zero attached hydrogens (tertiary/aromatic N) is 3. The van der Waals surface area contributed by atoms with E-state index in [4.69, 9.17) is 9.47 Å². The molecule has 1 amide bonds. The lowest BCUT2D eigenvalue weighted by molar-refractivity contribution is -0.119. The number of rotatable bonds is 17. The molecule has 0 bridgehead atoms. The Hall–Kier alpha value is -3.17. The summed E-state index contributed by atoms with van der Waals surface area (Å²) in [6.07, 6.45) is 13.4. The van der Waals surface area contributed by atoms with E-state index in [0.717, 1.165) is 91.0 Å². The first-order valence-electron chi connectivity index (χ1n) is 17.4. The SMILES string of the molecule is CCCCCCCCCCCCOC(=O)OCN1C(=O)CCc2ccc(CCN3CCN(c4cc(F)cc5sccc45)CC3)cc21. The van der Waals surface area contributed by atoms with Gasteiger partial charge in [-0.15, -0.1) is 11.3 Å². The molecule has 46 heavy (non-hydrogen) atoms. The monoisotopic (exact) mass is 651 g/mol. The predicted octanol–water partition coefficient (Wildman–Crippen LogP) is 8.72. The number of ether oxygens (including phenoxy) is 2. The van der Waals surface area contributed by atoms with Crippen LogP contribution in [0.15, 0.2) is 41.8 Å². The van der Waals surface area contributed by atoms with Crippen molar-refractivity contribution in [2.24, 2.45) is 0 Å². The van der Waals surface area contributed by atoms with Crippen molar-refractivity contribution in [1.29, 1.82) is 0 Å². The molecule has 0 atom stereocenters. The number of piperazine rings is 1. The lowest BCUT2D eigenvalue weighted by atomic mass is 9.98. The molecule has 2 aromatic carbocycles. The van der Waals surface area contributed by atoms with Crippen LogP contribution in [0.4, 0.5) is 20.6 Å². The number of halogens is 1. The standard InChI is InChI=1S/C37H50FN3O4S/c1-2-3-4-5-6-7-8-9-10-11-23-44-37(43)45-28-41-33-25-29(12-13-30(33)14-15-36(41)42)16-18-39-19-21-40(22-20-39)34-26-31(38)27-35-32(34)17-24-46-35/h12-13,17,24-27H,2-11,14-16,18-23,28H2,1H3. The lowest BCUT2D eigenvalue weighted by Gasteiger charge is -2.36. The minimum absolute atomic E-state index is 0.0413.